The minimum Gasteiger partial charge on any atom is -0.457 e. The maximum Gasteiger partial charge on any atom is 0.135 e. The predicted molar refractivity (Wildman–Crippen MR) is 126 cm³/mol. The van der Waals surface area contributed by atoms with Crippen LogP contribution in [0, 0.1) is 0 Å². The topological polar surface area (TPSA) is 70.5 Å². The van der Waals surface area contributed by atoms with Crippen molar-refractivity contribution in [2.75, 3.05) is 11.5 Å². The summed E-state index contributed by atoms with van der Waals surface area (Å²) in [5.74, 6) is 3.15. The Morgan fingerprint density at radius 2 is 0.900 bits per heavy atom. The number of hydrogen-bond acceptors (Lipinski definition) is 4. The third kappa shape index (κ3) is 5.07. The van der Waals surface area contributed by atoms with Crippen molar-refractivity contribution in [2.24, 2.45) is 0 Å². The lowest BCUT2D eigenvalue weighted by Gasteiger charge is -2.30. The summed E-state index contributed by atoms with van der Waals surface area (Å²) in [4.78, 5) is 0. The van der Waals surface area contributed by atoms with Crippen molar-refractivity contribution >= 4 is 11.4 Å². The van der Waals surface area contributed by atoms with Crippen molar-refractivity contribution in [3.63, 3.8) is 0 Å². The number of ether oxygens (including phenoxy) is 2. The quantitative estimate of drug-likeness (QED) is 0.458. The molecule has 158 valence electrons. The molecule has 3 aromatic rings. The molecule has 4 N–H and O–H groups in total. The molecule has 0 aliphatic rings. The zero-order valence-electron chi connectivity index (χ0n) is 18.7. The number of nitrogen functional groups attached to an aromatic ring is 2. The lowest BCUT2D eigenvalue weighted by molar-refractivity contribution is 0.423. The Morgan fingerprint density at radius 1 is 0.533 bits per heavy atom. The standard InChI is InChI=1S/C26H32N2O2/c1-25(2,3)22-15-21(29-19-11-7-17(27)8-12-19)16-23(26(4,5)6)24(22)30-20-13-9-18(28)10-14-20/h7-16H,27-28H2,1-6H3. The van der Waals surface area contributed by atoms with Gasteiger partial charge in [0.1, 0.15) is 23.0 Å². The average molecular weight is 405 g/mol. The van der Waals surface area contributed by atoms with E-state index >= 15 is 0 Å². The predicted octanol–water partition coefficient (Wildman–Crippen LogP) is 7.03. The van der Waals surface area contributed by atoms with Crippen LogP contribution in [-0.4, -0.2) is 0 Å². The van der Waals surface area contributed by atoms with Gasteiger partial charge in [-0.15, -0.1) is 0 Å². The van der Waals surface area contributed by atoms with Gasteiger partial charge in [0.25, 0.3) is 0 Å². The first-order chi connectivity index (χ1) is 13.9. The van der Waals surface area contributed by atoms with E-state index < -0.39 is 0 Å². The van der Waals surface area contributed by atoms with Gasteiger partial charge in [0, 0.05) is 22.5 Å². The fraction of sp³-hybridized carbons (Fsp3) is 0.308. The first kappa shape index (κ1) is 21.6. The molecule has 0 atom stereocenters. The molecule has 30 heavy (non-hydrogen) atoms. The van der Waals surface area contributed by atoms with Crippen molar-refractivity contribution in [2.45, 2.75) is 52.4 Å². The highest BCUT2D eigenvalue weighted by molar-refractivity contribution is 5.56. The molecule has 0 bridgehead atoms. The van der Waals surface area contributed by atoms with Crippen molar-refractivity contribution < 1.29 is 9.47 Å². The zero-order valence-corrected chi connectivity index (χ0v) is 18.7. The molecular weight excluding hydrogens is 372 g/mol. The summed E-state index contributed by atoms with van der Waals surface area (Å²) in [7, 11) is 0. The van der Waals surface area contributed by atoms with Crippen molar-refractivity contribution in [3.8, 4) is 23.0 Å². The fourth-order valence-corrected chi connectivity index (χ4v) is 3.21. The van der Waals surface area contributed by atoms with E-state index in [1.54, 1.807) is 0 Å². The Balaban J connectivity index is 2.13. The molecule has 0 aliphatic heterocycles. The lowest BCUT2D eigenvalue weighted by atomic mass is 9.79. The molecule has 0 radical (unpaired) electrons. The van der Waals surface area contributed by atoms with Crippen molar-refractivity contribution in [3.05, 3.63) is 71.8 Å². The molecule has 0 fully saturated rings. The Kier molecular flexibility index (Phi) is 5.71. The Bertz CT molecular complexity index is 974. The van der Waals surface area contributed by atoms with Crippen LogP contribution in [0.15, 0.2) is 60.7 Å². The summed E-state index contributed by atoms with van der Waals surface area (Å²) >= 11 is 0. The van der Waals surface area contributed by atoms with E-state index in [-0.39, 0.29) is 10.8 Å². The van der Waals surface area contributed by atoms with Crippen LogP contribution in [-0.2, 0) is 10.8 Å². The first-order valence-electron chi connectivity index (χ1n) is 10.2. The van der Waals surface area contributed by atoms with E-state index in [0.29, 0.717) is 11.4 Å². The van der Waals surface area contributed by atoms with E-state index in [0.717, 1.165) is 34.1 Å². The van der Waals surface area contributed by atoms with Gasteiger partial charge >= 0.3 is 0 Å². The maximum atomic E-state index is 6.44. The van der Waals surface area contributed by atoms with Crippen molar-refractivity contribution in [1.29, 1.82) is 0 Å². The van der Waals surface area contributed by atoms with Gasteiger partial charge in [0.15, 0.2) is 0 Å². The van der Waals surface area contributed by atoms with Gasteiger partial charge in [-0.05, 0) is 71.5 Å². The average Bonchev–Trinajstić information content (AvgIpc) is 2.64. The van der Waals surface area contributed by atoms with E-state index in [4.69, 9.17) is 20.9 Å². The highest BCUT2D eigenvalue weighted by Crippen LogP contribution is 2.45. The van der Waals surface area contributed by atoms with Crippen LogP contribution in [0.4, 0.5) is 11.4 Å². The molecule has 4 heteroatoms. The normalized spacial score (nSPS) is 11.9. The van der Waals surface area contributed by atoms with Crippen LogP contribution < -0.4 is 20.9 Å². The second-order valence-electron chi connectivity index (χ2n) is 9.69. The van der Waals surface area contributed by atoms with Crippen LogP contribution in [0.3, 0.4) is 0 Å². The SMILES string of the molecule is CC(C)(C)c1cc(Oc2ccc(N)cc2)cc(C(C)(C)C)c1Oc1ccc(N)cc1. The molecular formula is C26H32N2O2. The fourth-order valence-electron chi connectivity index (χ4n) is 3.21. The summed E-state index contributed by atoms with van der Waals surface area (Å²) in [6.45, 7) is 13.1. The summed E-state index contributed by atoms with van der Waals surface area (Å²) in [6, 6.07) is 19.1. The van der Waals surface area contributed by atoms with E-state index in [9.17, 15) is 0 Å². The second-order valence-corrected chi connectivity index (χ2v) is 9.69. The Labute approximate surface area is 179 Å². The lowest BCUT2D eigenvalue weighted by Crippen LogP contribution is -2.19. The Morgan fingerprint density at radius 3 is 1.27 bits per heavy atom. The smallest absolute Gasteiger partial charge is 0.135 e. The van der Waals surface area contributed by atoms with E-state index in [1.165, 1.54) is 0 Å². The van der Waals surface area contributed by atoms with E-state index in [1.807, 2.05) is 48.5 Å². The molecule has 0 saturated heterocycles. The number of anilines is 2. The molecule has 3 aromatic carbocycles. The van der Waals surface area contributed by atoms with Crippen LogP contribution >= 0.6 is 0 Å². The number of rotatable bonds is 4. The van der Waals surface area contributed by atoms with Crippen LogP contribution in [0.25, 0.3) is 0 Å². The monoisotopic (exact) mass is 404 g/mol. The van der Waals surface area contributed by atoms with Gasteiger partial charge in [-0.1, -0.05) is 41.5 Å². The molecule has 0 heterocycles. The van der Waals surface area contributed by atoms with Crippen LogP contribution in [0.2, 0.25) is 0 Å². The minimum atomic E-state index is -0.149. The molecule has 0 aromatic heterocycles. The van der Waals surface area contributed by atoms with E-state index in [2.05, 4.69) is 53.7 Å². The Hall–Kier alpha value is -3.14. The third-order valence-corrected chi connectivity index (χ3v) is 4.89. The number of hydrogen-bond donors (Lipinski definition) is 2. The zero-order chi connectivity index (χ0) is 22.1. The molecule has 0 spiro atoms. The molecule has 0 aliphatic carbocycles. The first-order valence-corrected chi connectivity index (χ1v) is 10.2. The van der Waals surface area contributed by atoms with Gasteiger partial charge in [0.05, 0.1) is 0 Å². The van der Waals surface area contributed by atoms with Crippen molar-refractivity contribution in [1.82, 2.24) is 0 Å². The van der Waals surface area contributed by atoms with Gasteiger partial charge in [-0.3, -0.25) is 0 Å². The molecule has 0 unspecified atom stereocenters. The number of nitrogens with two attached hydrogens (primary N) is 2. The maximum absolute atomic E-state index is 6.44. The second kappa shape index (κ2) is 7.94. The summed E-state index contributed by atoms with van der Waals surface area (Å²) in [5.41, 5.74) is 14.9. The largest absolute Gasteiger partial charge is 0.457 e. The minimum absolute atomic E-state index is 0.149. The van der Waals surface area contributed by atoms with Crippen LogP contribution in [0.1, 0.15) is 52.7 Å². The molecule has 0 amide bonds. The summed E-state index contributed by atoms with van der Waals surface area (Å²) < 4.78 is 12.6. The third-order valence-electron chi connectivity index (χ3n) is 4.89. The van der Waals surface area contributed by atoms with Gasteiger partial charge in [-0.2, -0.15) is 0 Å². The number of benzene rings is 3. The highest BCUT2D eigenvalue weighted by Gasteiger charge is 2.29. The van der Waals surface area contributed by atoms with Gasteiger partial charge < -0.3 is 20.9 Å². The molecule has 3 rings (SSSR count). The van der Waals surface area contributed by atoms with Gasteiger partial charge in [0.2, 0.25) is 0 Å². The summed E-state index contributed by atoms with van der Waals surface area (Å²) in [6.07, 6.45) is 0. The van der Waals surface area contributed by atoms with Gasteiger partial charge in [-0.25, -0.2) is 0 Å². The molecule has 0 saturated carbocycles. The summed E-state index contributed by atoms with van der Waals surface area (Å²) in [5, 5.41) is 0. The van der Waals surface area contributed by atoms with Crippen LogP contribution in [0.5, 0.6) is 23.0 Å². The highest BCUT2D eigenvalue weighted by atomic mass is 16.5. The molecule has 4 nitrogen and oxygen atoms in total.